The van der Waals surface area contributed by atoms with Gasteiger partial charge in [0.1, 0.15) is 5.82 Å². The van der Waals surface area contributed by atoms with Gasteiger partial charge in [0.15, 0.2) is 0 Å². The summed E-state index contributed by atoms with van der Waals surface area (Å²) in [4.78, 5) is 4.38. The molecule has 2 N–H and O–H groups in total. The summed E-state index contributed by atoms with van der Waals surface area (Å²) >= 11 is 3.47. The van der Waals surface area contributed by atoms with Gasteiger partial charge >= 0.3 is 0 Å². The molecule has 0 atom stereocenters. The predicted octanol–water partition coefficient (Wildman–Crippen LogP) is 2.66. The van der Waals surface area contributed by atoms with Crippen molar-refractivity contribution in [3.63, 3.8) is 0 Å². The lowest BCUT2D eigenvalue weighted by Crippen LogP contribution is -2.06. The van der Waals surface area contributed by atoms with Gasteiger partial charge < -0.3 is 10.3 Å². The Bertz CT molecular complexity index is 465. The molecule has 0 aliphatic heterocycles. The SMILES string of the molecule is NCCCn1ccnc1-c1cccc(Br)c1. The van der Waals surface area contributed by atoms with Gasteiger partial charge in [-0.15, -0.1) is 0 Å². The molecule has 1 aromatic carbocycles. The Hall–Kier alpha value is -1.13. The number of hydrogen-bond acceptors (Lipinski definition) is 2. The average Bonchev–Trinajstić information content (AvgIpc) is 2.74. The molecule has 0 saturated carbocycles. The fraction of sp³-hybridized carbons (Fsp3) is 0.250. The van der Waals surface area contributed by atoms with Crippen LogP contribution in [-0.2, 0) is 6.54 Å². The Kier molecular flexibility index (Phi) is 3.74. The number of nitrogens with two attached hydrogens (primary N) is 1. The van der Waals surface area contributed by atoms with Crippen molar-refractivity contribution in [1.29, 1.82) is 0 Å². The predicted molar refractivity (Wildman–Crippen MR) is 69.0 cm³/mol. The first-order valence-electron chi connectivity index (χ1n) is 5.28. The van der Waals surface area contributed by atoms with E-state index in [0.717, 1.165) is 28.8 Å². The van der Waals surface area contributed by atoms with Crippen LogP contribution < -0.4 is 5.73 Å². The van der Waals surface area contributed by atoms with Crippen molar-refractivity contribution in [2.75, 3.05) is 6.54 Å². The molecule has 0 spiro atoms. The number of aryl methyl sites for hydroxylation is 1. The summed E-state index contributed by atoms with van der Waals surface area (Å²) in [6.07, 6.45) is 4.79. The molecule has 0 fully saturated rings. The molecular formula is C12H14BrN3. The van der Waals surface area contributed by atoms with Crippen LogP contribution in [-0.4, -0.2) is 16.1 Å². The first kappa shape index (κ1) is 11.4. The molecule has 0 saturated heterocycles. The van der Waals surface area contributed by atoms with Gasteiger partial charge in [0, 0.05) is 29.0 Å². The van der Waals surface area contributed by atoms with Crippen LogP contribution in [0.2, 0.25) is 0 Å². The maximum Gasteiger partial charge on any atom is 0.139 e. The first-order valence-corrected chi connectivity index (χ1v) is 6.07. The average molecular weight is 280 g/mol. The lowest BCUT2D eigenvalue weighted by molar-refractivity contribution is 0.656. The molecule has 84 valence electrons. The number of nitrogens with zero attached hydrogens (tertiary/aromatic N) is 2. The Morgan fingerprint density at radius 3 is 3.00 bits per heavy atom. The molecule has 0 bridgehead atoms. The molecule has 2 rings (SSSR count). The van der Waals surface area contributed by atoms with E-state index < -0.39 is 0 Å². The highest BCUT2D eigenvalue weighted by Crippen LogP contribution is 2.21. The second kappa shape index (κ2) is 5.27. The molecule has 0 radical (unpaired) electrons. The second-order valence-electron chi connectivity index (χ2n) is 3.60. The van der Waals surface area contributed by atoms with E-state index in [0.29, 0.717) is 6.54 Å². The highest BCUT2D eigenvalue weighted by atomic mass is 79.9. The van der Waals surface area contributed by atoms with E-state index in [1.807, 2.05) is 24.5 Å². The summed E-state index contributed by atoms with van der Waals surface area (Å²) in [5, 5.41) is 0. The third kappa shape index (κ3) is 2.51. The molecule has 1 aromatic heterocycles. The van der Waals surface area contributed by atoms with Crippen molar-refractivity contribution in [2.24, 2.45) is 5.73 Å². The summed E-state index contributed by atoms with van der Waals surface area (Å²) in [6.45, 7) is 1.62. The van der Waals surface area contributed by atoms with Gasteiger partial charge in [0.25, 0.3) is 0 Å². The van der Waals surface area contributed by atoms with Crippen LogP contribution in [0.15, 0.2) is 41.1 Å². The van der Waals surface area contributed by atoms with Gasteiger partial charge in [-0.1, -0.05) is 28.1 Å². The zero-order chi connectivity index (χ0) is 11.4. The van der Waals surface area contributed by atoms with Gasteiger partial charge in [0.2, 0.25) is 0 Å². The van der Waals surface area contributed by atoms with E-state index in [-0.39, 0.29) is 0 Å². The van der Waals surface area contributed by atoms with Crippen LogP contribution in [0.25, 0.3) is 11.4 Å². The first-order chi connectivity index (χ1) is 7.81. The van der Waals surface area contributed by atoms with Crippen LogP contribution in [0.1, 0.15) is 6.42 Å². The van der Waals surface area contributed by atoms with Gasteiger partial charge in [0.05, 0.1) is 0 Å². The smallest absolute Gasteiger partial charge is 0.139 e. The normalized spacial score (nSPS) is 10.6. The number of halogens is 1. The van der Waals surface area contributed by atoms with Crippen LogP contribution in [0.3, 0.4) is 0 Å². The molecule has 16 heavy (non-hydrogen) atoms. The van der Waals surface area contributed by atoms with Crippen molar-refractivity contribution in [2.45, 2.75) is 13.0 Å². The summed E-state index contributed by atoms with van der Waals surface area (Å²) in [6, 6.07) is 8.16. The zero-order valence-corrected chi connectivity index (χ0v) is 10.5. The van der Waals surface area contributed by atoms with Crippen LogP contribution in [0, 0.1) is 0 Å². The quantitative estimate of drug-likeness (QED) is 0.935. The zero-order valence-electron chi connectivity index (χ0n) is 8.94. The maximum absolute atomic E-state index is 5.52. The minimum atomic E-state index is 0.704. The Morgan fingerprint density at radius 2 is 2.25 bits per heavy atom. The van der Waals surface area contributed by atoms with E-state index in [9.17, 15) is 0 Å². The molecule has 2 aromatic rings. The topological polar surface area (TPSA) is 43.8 Å². The summed E-state index contributed by atoms with van der Waals surface area (Å²) in [5.41, 5.74) is 6.64. The summed E-state index contributed by atoms with van der Waals surface area (Å²) < 4.78 is 3.20. The van der Waals surface area contributed by atoms with Crippen molar-refractivity contribution in [3.05, 3.63) is 41.1 Å². The molecule has 1 heterocycles. The maximum atomic E-state index is 5.52. The number of hydrogen-bond donors (Lipinski definition) is 1. The molecular weight excluding hydrogens is 266 g/mol. The largest absolute Gasteiger partial charge is 0.331 e. The van der Waals surface area contributed by atoms with E-state index in [1.54, 1.807) is 0 Å². The summed E-state index contributed by atoms with van der Waals surface area (Å²) in [5.74, 6) is 0.995. The van der Waals surface area contributed by atoms with Crippen molar-refractivity contribution in [3.8, 4) is 11.4 Å². The minimum Gasteiger partial charge on any atom is -0.331 e. The Labute approximate surface area is 103 Å². The standard InChI is InChI=1S/C12H14BrN3/c13-11-4-1-3-10(9-11)12-15-6-8-16(12)7-2-5-14/h1,3-4,6,8-9H,2,5,7,14H2. The Balaban J connectivity index is 2.29. The van der Waals surface area contributed by atoms with Crippen LogP contribution in [0.4, 0.5) is 0 Å². The molecule has 0 unspecified atom stereocenters. The molecule has 3 nitrogen and oxygen atoms in total. The fourth-order valence-electron chi connectivity index (χ4n) is 1.64. The van der Waals surface area contributed by atoms with Crippen LogP contribution in [0.5, 0.6) is 0 Å². The van der Waals surface area contributed by atoms with Gasteiger partial charge in [-0.25, -0.2) is 4.98 Å². The number of rotatable bonds is 4. The lowest BCUT2D eigenvalue weighted by Gasteiger charge is -2.07. The lowest BCUT2D eigenvalue weighted by atomic mass is 10.2. The molecule has 0 aliphatic rings. The van der Waals surface area contributed by atoms with E-state index in [1.165, 1.54) is 0 Å². The van der Waals surface area contributed by atoms with Crippen LogP contribution >= 0.6 is 15.9 Å². The summed E-state index contributed by atoms with van der Waals surface area (Å²) in [7, 11) is 0. The van der Waals surface area contributed by atoms with Gasteiger partial charge in [-0.2, -0.15) is 0 Å². The molecule has 0 aliphatic carbocycles. The van der Waals surface area contributed by atoms with Gasteiger partial charge in [-0.3, -0.25) is 0 Å². The molecule has 0 amide bonds. The van der Waals surface area contributed by atoms with E-state index in [2.05, 4.69) is 37.6 Å². The molecule has 4 heteroatoms. The van der Waals surface area contributed by atoms with E-state index >= 15 is 0 Å². The Morgan fingerprint density at radius 1 is 1.38 bits per heavy atom. The van der Waals surface area contributed by atoms with Crippen molar-refractivity contribution < 1.29 is 0 Å². The number of imidazole rings is 1. The minimum absolute atomic E-state index is 0.704. The number of aromatic nitrogens is 2. The highest BCUT2D eigenvalue weighted by Gasteiger charge is 2.05. The monoisotopic (exact) mass is 279 g/mol. The highest BCUT2D eigenvalue weighted by molar-refractivity contribution is 9.10. The van der Waals surface area contributed by atoms with Crippen molar-refractivity contribution in [1.82, 2.24) is 9.55 Å². The second-order valence-corrected chi connectivity index (χ2v) is 4.51. The third-order valence-corrected chi connectivity index (χ3v) is 2.89. The van der Waals surface area contributed by atoms with E-state index in [4.69, 9.17) is 5.73 Å². The number of benzene rings is 1. The van der Waals surface area contributed by atoms with Gasteiger partial charge in [-0.05, 0) is 25.1 Å². The van der Waals surface area contributed by atoms with Crippen molar-refractivity contribution >= 4 is 15.9 Å². The third-order valence-electron chi connectivity index (χ3n) is 2.40. The fourth-order valence-corrected chi connectivity index (χ4v) is 2.04.